The van der Waals surface area contributed by atoms with Gasteiger partial charge < -0.3 is 19.5 Å². The van der Waals surface area contributed by atoms with Gasteiger partial charge in [-0.2, -0.15) is 0 Å². The third-order valence-corrected chi connectivity index (χ3v) is 4.11. The molecule has 2 heterocycles. The zero-order chi connectivity index (χ0) is 16.6. The molecule has 122 valence electrons. The highest BCUT2D eigenvalue weighted by atomic mass is 19.1. The monoisotopic (exact) mass is 319 g/mol. The number of β-amino-alcohol motifs (C(OH)–C–C–N with tert-alkyl or cyclic N) is 1. The first-order valence-electron chi connectivity index (χ1n) is 7.44. The van der Waals surface area contributed by atoms with Crippen LogP contribution in [0.15, 0.2) is 34.7 Å². The maximum Gasteiger partial charge on any atom is 0.290 e. The topological polar surface area (TPSA) is 73.9 Å². The number of aryl methyl sites for hydroxylation is 1. The third kappa shape index (κ3) is 3.00. The molecular formula is C17H18FNO4. The van der Waals surface area contributed by atoms with Crippen LogP contribution in [0.5, 0.6) is 0 Å². The van der Waals surface area contributed by atoms with Gasteiger partial charge in [0.05, 0.1) is 12.1 Å². The summed E-state index contributed by atoms with van der Waals surface area (Å²) < 4.78 is 18.5. The molecule has 0 radical (unpaired) electrons. The summed E-state index contributed by atoms with van der Waals surface area (Å²) >= 11 is 0. The molecule has 2 N–H and O–H groups in total. The average molecular weight is 319 g/mol. The number of furan rings is 1. The molecule has 0 spiro atoms. The lowest BCUT2D eigenvalue weighted by atomic mass is 10.0. The normalized spacial score (nSPS) is 21.0. The van der Waals surface area contributed by atoms with Gasteiger partial charge in [-0.25, -0.2) is 4.39 Å². The van der Waals surface area contributed by atoms with Crippen molar-refractivity contribution in [3.63, 3.8) is 0 Å². The van der Waals surface area contributed by atoms with Crippen molar-refractivity contribution in [3.8, 4) is 0 Å². The molecule has 1 fully saturated rings. The van der Waals surface area contributed by atoms with Crippen LogP contribution in [-0.2, 0) is 6.61 Å². The van der Waals surface area contributed by atoms with Crippen molar-refractivity contribution in [2.24, 2.45) is 0 Å². The lowest BCUT2D eigenvalue weighted by molar-refractivity contribution is 0.0678. The van der Waals surface area contributed by atoms with E-state index in [-0.39, 0.29) is 36.7 Å². The highest BCUT2D eigenvalue weighted by molar-refractivity contribution is 5.93. The van der Waals surface area contributed by atoms with Gasteiger partial charge in [-0.3, -0.25) is 4.79 Å². The van der Waals surface area contributed by atoms with E-state index in [2.05, 4.69) is 0 Å². The van der Waals surface area contributed by atoms with Crippen molar-refractivity contribution in [3.05, 3.63) is 58.8 Å². The van der Waals surface area contributed by atoms with Crippen molar-refractivity contribution in [2.75, 3.05) is 6.54 Å². The summed E-state index contributed by atoms with van der Waals surface area (Å²) in [4.78, 5) is 14.3. The molecule has 0 bridgehead atoms. The van der Waals surface area contributed by atoms with Crippen LogP contribution in [0.25, 0.3) is 0 Å². The third-order valence-electron chi connectivity index (χ3n) is 4.11. The number of hydrogen-bond acceptors (Lipinski definition) is 4. The van der Waals surface area contributed by atoms with Crippen LogP contribution in [0, 0.1) is 12.7 Å². The van der Waals surface area contributed by atoms with E-state index in [0.717, 1.165) is 5.56 Å². The summed E-state index contributed by atoms with van der Waals surface area (Å²) in [5, 5.41) is 19.1. The predicted octanol–water partition coefficient (Wildman–Crippen LogP) is 2.17. The maximum atomic E-state index is 13.1. The smallest absolute Gasteiger partial charge is 0.290 e. The number of nitrogens with zero attached hydrogens (tertiary/aromatic N) is 1. The predicted molar refractivity (Wildman–Crippen MR) is 80.2 cm³/mol. The molecule has 1 saturated heterocycles. The number of carbonyl (C=O) groups excluding carboxylic acids is 1. The molecule has 0 saturated carbocycles. The fourth-order valence-corrected chi connectivity index (χ4v) is 3.01. The lowest BCUT2D eigenvalue weighted by Gasteiger charge is -2.24. The van der Waals surface area contributed by atoms with Crippen molar-refractivity contribution < 1.29 is 23.8 Å². The lowest BCUT2D eigenvalue weighted by Crippen LogP contribution is -2.32. The summed E-state index contributed by atoms with van der Waals surface area (Å²) in [5.74, 6) is -0.202. The Bertz CT molecular complexity index is 710. The Kier molecular flexibility index (Phi) is 4.19. The number of aliphatic hydroxyl groups excluding tert-OH is 2. The quantitative estimate of drug-likeness (QED) is 0.909. The van der Waals surface area contributed by atoms with Crippen LogP contribution in [0.1, 0.15) is 39.9 Å². The van der Waals surface area contributed by atoms with Crippen molar-refractivity contribution in [1.82, 2.24) is 4.90 Å². The molecule has 2 aromatic rings. The minimum atomic E-state index is -0.637. The standard InChI is InChI=1S/C17H18FNO4/c1-10-6-14(9-20)23-16(10)17(22)19-8-13(21)7-15(19)11-2-4-12(18)5-3-11/h2-6,13,15,20-21H,7-9H2,1H3. The molecule has 5 nitrogen and oxygen atoms in total. The second-order valence-electron chi connectivity index (χ2n) is 5.80. The van der Waals surface area contributed by atoms with Gasteiger partial charge in [0.25, 0.3) is 5.91 Å². The summed E-state index contributed by atoms with van der Waals surface area (Å²) in [6, 6.07) is 7.20. The second-order valence-corrected chi connectivity index (χ2v) is 5.80. The number of aliphatic hydroxyl groups is 2. The molecule has 1 amide bonds. The number of likely N-dealkylation sites (tertiary alicyclic amines) is 1. The Morgan fingerprint density at radius 3 is 2.70 bits per heavy atom. The van der Waals surface area contributed by atoms with Gasteiger partial charge >= 0.3 is 0 Å². The Morgan fingerprint density at radius 2 is 2.09 bits per heavy atom. The van der Waals surface area contributed by atoms with Crippen LogP contribution in [-0.4, -0.2) is 33.7 Å². The number of hydrogen-bond donors (Lipinski definition) is 2. The molecule has 1 aromatic carbocycles. The largest absolute Gasteiger partial charge is 0.453 e. The molecule has 1 aliphatic heterocycles. The Morgan fingerprint density at radius 1 is 1.39 bits per heavy atom. The number of benzene rings is 1. The van der Waals surface area contributed by atoms with Crippen LogP contribution in [0.4, 0.5) is 4.39 Å². The molecule has 0 aliphatic carbocycles. The van der Waals surface area contributed by atoms with Gasteiger partial charge in [0, 0.05) is 12.1 Å². The number of carbonyl (C=O) groups is 1. The van der Waals surface area contributed by atoms with Crippen molar-refractivity contribution >= 4 is 5.91 Å². The SMILES string of the molecule is Cc1cc(CO)oc1C(=O)N1CC(O)CC1c1ccc(F)cc1. The van der Waals surface area contributed by atoms with Crippen LogP contribution in [0.3, 0.4) is 0 Å². The Balaban J connectivity index is 1.91. The van der Waals surface area contributed by atoms with E-state index in [0.29, 0.717) is 17.7 Å². The number of amides is 1. The number of rotatable bonds is 3. The highest BCUT2D eigenvalue weighted by Gasteiger charge is 2.37. The van der Waals surface area contributed by atoms with Gasteiger partial charge in [-0.05, 0) is 37.1 Å². The van der Waals surface area contributed by atoms with E-state index in [1.165, 1.54) is 17.0 Å². The molecule has 1 aromatic heterocycles. The Labute approximate surface area is 133 Å². The minimum Gasteiger partial charge on any atom is -0.453 e. The molecule has 1 aliphatic rings. The fourth-order valence-electron chi connectivity index (χ4n) is 3.01. The second kappa shape index (κ2) is 6.14. The first kappa shape index (κ1) is 15.7. The Hall–Kier alpha value is -2.18. The van der Waals surface area contributed by atoms with Gasteiger partial charge in [-0.1, -0.05) is 12.1 Å². The molecule has 6 heteroatoms. The molecule has 2 atom stereocenters. The van der Waals surface area contributed by atoms with E-state index in [1.54, 1.807) is 25.1 Å². The van der Waals surface area contributed by atoms with Gasteiger partial charge in [0.1, 0.15) is 18.2 Å². The highest BCUT2D eigenvalue weighted by Crippen LogP contribution is 2.34. The summed E-state index contributed by atoms with van der Waals surface area (Å²) in [6.07, 6.45) is -0.245. The van der Waals surface area contributed by atoms with Crippen molar-refractivity contribution in [1.29, 1.82) is 0 Å². The summed E-state index contributed by atoms with van der Waals surface area (Å²) in [5.41, 5.74) is 1.40. The van der Waals surface area contributed by atoms with Gasteiger partial charge in [0.15, 0.2) is 5.76 Å². The van der Waals surface area contributed by atoms with E-state index < -0.39 is 6.10 Å². The number of halogens is 1. The molecule has 23 heavy (non-hydrogen) atoms. The zero-order valence-corrected chi connectivity index (χ0v) is 12.7. The molecular weight excluding hydrogens is 301 g/mol. The van der Waals surface area contributed by atoms with E-state index >= 15 is 0 Å². The average Bonchev–Trinajstić information content (AvgIpc) is 3.10. The first-order valence-corrected chi connectivity index (χ1v) is 7.44. The molecule has 2 unspecified atom stereocenters. The van der Waals surface area contributed by atoms with E-state index in [9.17, 15) is 14.3 Å². The van der Waals surface area contributed by atoms with Crippen LogP contribution < -0.4 is 0 Å². The van der Waals surface area contributed by atoms with Crippen molar-refractivity contribution in [2.45, 2.75) is 32.1 Å². The minimum absolute atomic E-state index is 0.162. The van der Waals surface area contributed by atoms with E-state index in [1.807, 2.05) is 0 Å². The van der Waals surface area contributed by atoms with Crippen LogP contribution >= 0.6 is 0 Å². The summed E-state index contributed by atoms with van der Waals surface area (Å²) in [6.45, 7) is 1.64. The summed E-state index contributed by atoms with van der Waals surface area (Å²) in [7, 11) is 0. The van der Waals surface area contributed by atoms with E-state index in [4.69, 9.17) is 9.52 Å². The molecule has 3 rings (SSSR count). The fraction of sp³-hybridized carbons (Fsp3) is 0.353. The van der Waals surface area contributed by atoms with Crippen LogP contribution in [0.2, 0.25) is 0 Å². The maximum absolute atomic E-state index is 13.1. The first-order chi connectivity index (χ1) is 11.0. The zero-order valence-electron chi connectivity index (χ0n) is 12.7. The van der Waals surface area contributed by atoms with Gasteiger partial charge in [-0.15, -0.1) is 0 Å². The van der Waals surface area contributed by atoms with Gasteiger partial charge in [0.2, 0.25) is 0 Å².